The number of ether oxygens (including phenoxy) is 3. The van der Waals surface area contributed by atoms with E-state index in [9.17, 15) is 32.9 Å². The SMILES string of the molecule is COc1cc(/C=C2\SC(=O)N(CCOc3cc(C)ccc3C)C2=O)ccc1Oc1ccc(C(F)(F)F)cc1[N+](=O)[O-]. The van der Waals surface area contributed by atoms with Crippen molar-refractivity contribution in [3.63, 3.8) is 0 Å². The van der Waals surface area contributed by atoms with Gasteiger partial charge in [-0.3, -0.25) is 24.6 Å². The molecule has 0 radical (unpaired) electrons. The highest BCUT2D eigenvalue weighted by Gasteiger charge is 2.35. The summed E-state index contributed by atoms with van der Waals surface area (Å²) in [5, 5.41) is 10.9. The zero-order chi connectivity index (χ0) is 29.9. The number of halogens is 3. The Bertz CT molecular complexity index is 1560. The second kappa shape index (κ2) is 11.9. The molecule has 0 saturated carbocycles. The Morgan fingerprint density at radius 2 is 1.71 bits per heavy atom. The van der Waals surface area contributed by atoms with E-state index in [1.165, 1.54) is 31.4 Å². The Labute approximate surface area is 236 Å². The number of alkyl halides is 3. The van der Waals surface area contributed by atoms with Gasteiger partial charge >= 0.3 is 11.9 Å². The van der Waals surface area contributed by atoms with Crippen molar-refractivity contribution in [3.05, 3.63) is 91.9 Å². The molecule has 41 heavy (non-hydrogen) atoms. The van der Waals surface area contributed by atoms with E-state index in [2.05, 4.69) is 0 Å². The fourth-order valence-corrected chi connectivity index (χ4v) is 4.72. The van der Waals surface area contributed by atoms with Crippen LogP contribution < -0.4 is 14.2 Å². The first-order chi connectivity index (χ1) is 19.4. The number of hydrogen-bond donors (Lipinski definition) is 0. The van der Waals surface area contributed by atoms with Gasteiger partial charge in [-0.25, -0.2) is 0 Å². The molecule has 0 aromatic heterocycles. The minimum Gasteiger partial charge on any atom is -0.493 e. The van der Waals surface area contributed by atoms with Crippen LogP contribution in [0.4, 0.5) is 23.7 Å². The van der Waals surface area contributed by atoms with Gasteiger partial charge in [0.05, 0.1) is 29.0 Å². The van der Waals surface area contributed by atoms with Gasteiger partial charge < -0.3 is 14.2 Å². The number of benzene rings is 3. The van der Waals surface area contributed by atoms with Crippen molar-refractivity contribution >= 4 is 34.7 Å². The largest absolute Gasteiger partial charge is 0.493 e. The summed E-state index contributed by atoms with van der Waals surface area (Å²) in [6.07, 6.45) is -3.29. The third-order valence-electron chi connectivity index (χ3n) is 5.98. The van der Waals surface area contributed by atoms with Crippen molar-refractivity contribution in [1.29, 1.82) is 0 Å². The van der Waals surface area contributed by atoms with E-state index >= 15 is 0 Å². The van der Waals surface area contributed by atoms with Gasteiger partial charge in [0, 0.05) is 6.07 Å². The van der Waals surface area contributed by atoms with Crippen LogP contribution in [0.1, 0.15) is 22.3 Å². The minimum absolute atomic E-state index is 0.01000. The third kappa shape index (κ3) is 6.80. The summed E-state index contributed by atoms with van der Waals surface area (Å²) >= 11 is 0.761. The molecule has 0 bridgehead atoms. The molecule has 0 unspecified atom stereocenters. The average Bonchev–Trinajstić information content (AvgIpc) is 3.18. The Balaban J connectivity index is 1.49. The van der Waals surface area contributed by atoms with Crippen molar-refractivity contribution in [3.8, 4) is 23.0 Å². The molecule has 0 spiro atoms. The number of carbonyl (C=O) groups excluding carboxylic acids is 2. The molecule has 3 aromatic rings. The number of aryl methyl sites for hydroxylation is 2. The van der Waals surface area contributed by atoms with E-state index in [1.54, 1.807) is 0 Å². The van der Waals surface area contributed by atoms with Gasteiger partial charge in [0.25, 0.3) is 11.1 Å². The van der Waals surface area contributed by atoms with E-state index in [4.69, 9.17) is 14.2 Å². The first-order valence-electron chi connectivity index (χ1n) is 12.0. The molecule has 4 rings (SSSR count). The molecular weight excluding hydrogens is 565 g/mol. The molecule has 2 amide bonds. The van der Waals surface area contributed by atoms with Crippen LogP contribution >= 0.6 is 11.8 Å². The van der Waals surface area contributed by atoms with E-state index in [0.29, 0.717) is 23.4 Å². The molecule has 1 aliphatic heterocycles. The van der Waals surface area contributed by atoms with Crippen LogP contribution in [0, 0.1) is 24.0 Å². The number of nitro benzene ring substituents is 1. The fraction of sp³-hybridized carbons (Fsp3) is 0.214. The molecule has 1 fully saturated rings. The average molecular weight is 589 g/mol. The predicted molar refractivity (Wildman–Crippen MR) is 145 cm³/mol. The predicted octanol–water partition coefficient (Wildman–Crippen LogP) is 7.15. The highest BCUT2D eigenvalue weighted by atomic mass is 32.2. The first kappa shape index (κ1) is 29.5. The molecule has 214 valence electrons. The molecule has 9 nitrogen and oxygen atoms in total. The summed E-state index contributed by atoms with van der Waals surface area (Å²) in [5.74, 6) is -0.163. The third-order valence-corrected chi connectivity index (χ3v) is 6.89. The number of nitro groups is 1. The molecule has 1 saturated heterocycles. The Morgan fingerprint density at radius 3 is 2.39 bits per heavy atom. The van der Waals surface area contributed by atoms with Crippen LogP contribution in [-0.2, 0) is 11.0 Å². The second-order valence-electron chi connectivity index (χ2n) is 8.90. The monoisotopic (exact) mass is 588 g/mol. The van der Waals surface area contributed by atoms with Gasteiger partial charge in [-0.2, -0.15) is 13.2 Å². The molecule has 1 aliphatic rings. The second-order valence-corrected chi connectivity index (χ2v) is 9.89. The summed E-state index contributed by atoms with van der Waals surface area (Å²) < 4.78 is 55.6. The summed E-state index contributed by atoms with van der Waals surface area (Å²) in [6.45, 7) is 4.00. The first-order valence-corrected chi connectivity index (χ1v) is 12.9. The zero-order valence-corrected chi connectivity index (χ0v) is 22.8. The number of rotatable bonds is 9. The maximum absolute atomic E-state index is 13.0. The van der Waals surface area contributed by atoms with Crippen LogP contribution in [0.5, 0.6) is 23.0 Å². The van der Waals surface area contributed by atoms with E-state index in [1.807, 2.05) is 32.0 Å². The lowest BCUT2D eigenvalue weighted by atomic mass is 10.1. The van der Waals surface area contributed by atoms with Gasteiger partial charge in [-0.1, -0.05) is 18.2 Å². The number of methoxy groups -OCH3 is 1. The van der Waals surface area contributed by atoms with Crippen molar-refractivity contribution in [2.45, 2.75) is 20.0 Å². The van der Waals surface area contributed by atoms with Crippen molar-refractivity contribution in [2.75, 3.05) is 20.3 Å². The highest BCUT2D eigenvalue weighted by molar-refractivity contribution is 8.18. The minimum atomic E-state index is -4.77. The molecule has 0 N–H and O–H groups in total. The lowest BCUT2D eigenvalue weighted by Gasteiger charge is -2.14. The highest BCUT2D eigenvalue weighted by Crippen LogP contribution is 2.41. The molecule has 3 aromatic carbocycles. The normalized spacial score (nSPS) is 14.5. The van der Waals surface area contributed by atoms with Crippen LogP contribution in [0.25, 0.3) is 6.08 Å². The summed E-state index contributed by atoms with van der Waals surface area (Å²) in [6, 6.07) is 12.0. The van der Waals surface area contributed by atoms with E-state index in [0.717, 1.165) is 33.9 Å². The van der Waals surface area contributed by atoms with Crippen molar-refractivity contribution in [2.24, 2.45) is 0 Å². The lowest BCUT2D eigenvalue weighted by molar-refractivity contribution is -0.385. The molecule has 0 aliphatic carbocycles. The summed E-state index contributed by atoms with van der Waals surface area (Å²) in [5.41, 5.74) is 0.335. The van der Waals surface area contributed by atoms with Crippen LogP contribution in [0.2, 0.25) is 0 Å². The lowest BCUT2D eigenvalue weighted by Crippen LogP contribution is -2.32. The number of hydrogen-bond acceptors (Lipinski definition) is 8. The molecule has 0 atom stereocenters. The summed E-state index contributed by atoms with van der Waals surface area (Å²) in [4.78, 5) is 37.1. The maximum Gasteiger partial charge on any atom is 0.416 e. The van der Waals surface area contributed by atoms with Gasteiger partial charge in [0.2, 0.25) is 5.75 Å². The Hall–Kier alpha value is -4.52. The van der Waals surface area contributed by atoms with Crippen LogP contribution in [0.15, 0.2) is 59.5 Å². The number of carbonyl (C=O) groups is 2. The maximum atomic E-state index is 13.0. The number of thioether (sulfide) groups is 1. The standard InChI is InChI=1S/C28H23F3N2O7S/c1-16-4-5-17(2)23(12-16)39-11-10-32-26(34)25(41-27(32)35)14-18-6-8-22(24(13-18)38-3)40-21-9-7-19(28(29,30)31)15-20(21)33(36)37/h4-9,12-15H,10-11H2,1-3H3/b25-14-. The zero-order valence-electron chi connectivity index (χ0n) is 22.0. The van der Waals surface area contributed by atoms with Crippen LogP contribution in [0.3, 0.4) is 0 Å². The van der Waals surface area contributed by atoms with Crippen molar-refractivity contribution < 1.29 is 41.9 Å². The van der Waals surface area contributed by atoms with Crippen molar-refractivity contribution in [1.82, 2.24) is 4.90 Å². The molecular formula is C28H23F3N2O7S. The van der Waals surface area contributed by atoms with Crippen LogP contribution in [-0.4, -0.2) is 41.2 Å². The Kier molecular flexibility index (Phi) is 8.57. The summed E-state index contributed by atoms with van der Waals surface area (Å²) in [7, 11) is 1.30. The van der Waals surface area contributed by atoms with E-state index in [-0.39, 0.29) is 29.6 Å². The Morgan fingerprint density at radius 1 is 0.976 bits per heavy atom. The number of nitrogens with zero attached hydrogens (tertiary/aromatic N) is 2. The van der Waals surface area contributed by atoms with Gasteiger partial charge in [-0.15, -0.1) is 0 Å². The number of imide groups is 1. The van der Waals surface area contributed by atoms with Gasteiger partial charge in [-0.05, 0) is 78.7 Å². The quantitative estimate of drug-likeness (QED) is 0.147. The molecule has 13 heteroatoms. The number of amides is 2. The topological polar surface area (TPSA) is 108 Å². The molecule has 1 heterocycles. The van der Waals surface area contributed by atoms with Gasteiger partial charge in [0.15, 0.2) is 11.5 Å². The van der Waals surface area contributed by atoms with E-state index < -0.39 is 39.2 Å². The smallest absolute Gasteiger partial charge is 0.416 e. The fourth-order valence-electron chi connectivity index (χ4n) is 3.85. The van der Waals surface area contributed by atoms with Gasteiger partial charge in [0.1, 0.15) is 12.4 Å².